The van der Waals surface area contributed by atoms with Crippen LogP contribution in [0.2, 0.25) is 0 Å². The summed E-state index contributed by atoms with van der Waals surface area (Å²) < 4.78 is 0. The van der Waals surface area contributed by atoms with Gasteiger partial charge in [0.1, 0.15) is 0 Å². The summed E-state index contributed by atoms with van der Waals surface area (Å²) in [5.74, 6) is 6.82. The molecule has 8 unspecified atom stereocenters. The quantitative estimate of drug-likeness (QED) is 0.503. The molecule has 0 aliphatic heterocycles. The lowest BCUT2D eigenvalue weighted by molar-refractivity contribution is -0.146. The van der Waals surface area contributed by atoms with Gasteiger partial charge in [-0.1, -0.05) is 33.6 Å². The van der Waals surface area contributed by atoms with Crippen LogP contribution in [0.25, 0.3) is 0 Å². The lowest BCUT2D eigenvalue weighted by Crippen LogP contribution is -2.55. The molecule has 0 amide bonds. The normalized spacial score (nSPS) is 53.1. The first kappa shape index (κ1) is 20.8. The van der Waals surface area contributed by atoms with Crippen LogP contribution in [0.1, 0.15) is 118 Å². The fraction of sp³-hybridized carbons (Fsp3) is 1.00. The molecule has 5 fully saturated rings. The highest BCUT2D eigenvalue weighted by atomic mass is 16.3. The molecule has 1 nitrogen and oxygen atoms in total. The first-order valence-electron chi connectivity index (χ1n) is 13.5. The Kier molecular flexibility index (Phi) is 5.21. The van der Waals surface area contributed by atoms with Gasteiger partial charge in [0.15, 0.2) is 0 Å². The maximum Gasteiger partial charge on any atom is 0.0622 e. The number of rotatable bonds is 5. The van der Waals surface area contributed by atoms with Crippen molar-refractivity contribution in [3.05, 3.63) is 0 Å². The minimum Gasteiger partial charge on any atom is -0.390 e. The van der Waals surface area contributed by atoms with Crippen molar-refractivity contribution in [3.63, 3.8) is 0 Å². The zero-order valence-corrected chi connectivity index (χ0v) is 19.9. The highest BCUT2D eigenvalue weighted by Gasteiger charge is 2.60. The van der Waals surface area contributed by atoms with E-state index in [-0.39, 0.29) is 0 Å². The van der Waals surface area contributed by atoms with Gasteiger partial charge in [0.2, 0.25) is 0 Å². The molecule has 166 valence electrons. The highest BCUT2D eigenvalue weighted by Crippen LogP contribution is 2.68. The summed E-state index contributed by atoms with van der Waals surface area (Å²) in [4.78, 5) is 0. The predicted octanol–water partition coefficient (Wildman–Crippen LogP) is 7.61. The van der Waals surface area contributed by atoms with E-state index in [9.17, 15) is 5.11 Å². The number of hydrogen-bond acceptors (Lipinski definition) is 1. The van der Waals surface area contributed by atoms with E-state index < -0.39 is 5.60 Å². The summed E-state index contributed by atoms with van der Waals surface area (Å²) >= 11 is 0. The van der Waals surface area contributed by atoms with Crippen LogP contribution in [0.5, 0.6) is 0 Å². The van der Waals surface area contributed by atoms with Gasteiger partial charge in [0.25, 0.3) is 0 Å². The molecule has 0 aromatic carbocycles. The van der Waals surface area contributed by atoms with Crippen molar-refractivity contribution in [1.82, 2.24) is 0 Å². The monoisotopic (exact) mass is 400 g/mol. The summed E-state index contributed by atoms with van der Waals surface area (Å²) in [5.41, 5.74) is 0.772. The van der Waals surface area contributed by atoms with E-state index in [1.807, 2.05) is 0 Å². The van der Waals surface area contributed by atoms with E-state index in [0.717, 1.165) is 54.3 Å². The van der Waals surface area contributed by atoms with Gasteiger partial charge < -0.3 is 5.11 Å². The first-order valence-corrected chi connectivity index (χ1v) is 13.5. The van der Waals surface area contributed by atoms with E-state index in [2.05, 4.69) is 27.7 Å². The average Bonchev–Trinajstić information content (AvgIpc) is 3.46. The lowest BCUT2D eigenvalue weighted by atomic mass is 9.44. The van der Waals surface area contributed by atoms with Crippen LogP contribution >= 0.6 is 0 Å². The first-order chi connectivity index (χ1) is 13.7. The summed E-state index contributed by atoms with van der Waals surface area (Å²) in [6, 6.07) is 0. The Morgan fingerprint density at radius 2 is 1.59 bits per heavy atom. The Bertz CT molecular complexity index is 605. The highest BCUT2D eigenvalue weighted by molar-refractivity contribution is 5.10. The van der Waals surface area contributed by atoms with Crippen molar-refractivity contribution in [1.29, 1.82) is 0 Å². The standard InChI is InChI=1S/C28H48O/c1-19(20-8-9-20)6-5-7-21-11-13-24-23-12-10-22-18-26(2,29)16-17-28(22,4)25(23)14-15-27(21,24)3/h19-25,29H,5-18H2,1-4H3/t19?,21?,22?,23?,24?,25?,26-,27?,28?/m0/s1. The molecule has 9 atom stereocenters. The van der Waals surface area contributed by atoms with Gasteiger partial charge in [0.05, 0.1) is 5.60 Å². The van der Waals surface area contributed by atoms with Crippen molar-refractivity contribution < 1.29 is 5.11 Å². The smallest absolute Gasteiger partial charge is 0.0622 e. The van der Waals surface area contributed by atoms with Crippen LogP contribution in [-0.2, 0) is 0 Å². The molecule has 0 bridgehead atoms. The molecule has 5 saturated carbocycles. The number of hydrogen-bond donors (Lipinski definition) is 1. The Hall–Kier alpha value is -0.0400. The Balaban J connectivity index is 1.25. The van der Waals surface area contributed by atoms with Gasteiger partial charge in [-0.15, -0.1) is 0 Å². The molecule has 5 aliphatic carbocycles. The molecular weight excluding hydrogens is 352 g/mol. The molecule has 0 heterocycles. The SMILES string of the molecule is CC(CCCC1CCC2C3CCC4C[C@@](C)(O)CCC4(C)C3CCC12C)C1CC1. The predicted molar refractivity (Wildman–Crippen MR) is 122 cm³/mol. The van der Waals surface area contributed by atoms with Gasteiger partial charge in [-0.05, 0) is 136 Å². The zero-order chi connectivity index (χ0) is 20.4. The number of aliphatic hydroxyl groups is 1. The minimum atomic E-state index is -0.393. The fourth-order valence-electron chi connectivity index (χ4n) is 9.60. The molecular formula is C28H48O. The van der Waals surface area contributed by atoms with Gasteiger partial charge in [-0.25, -0.2) is 0 Å². The van der Waals surface area contributed by atoms with Crippen LogP contribution in [-0.4, -0.2) is 10.7 Å². The molecule has 0 radical (unpaired) electrons. The molecule has 0 aromatic rings. The summed E-state index contributed by atoms with van der Waals surface area (Å²) in [6.45, 7) is 9.97. The van der Waals surface area contributed by atoms with Crippen molar-refractivity contribution in [2.75, 3.05) is 0 Å². The van der Waals surface area contributed by atoms with E-state index in [1.54, 1.807) is 0 Å². The van der Waals surface area contributed by atoms with Crippen molar-refractivity contribution >= 4 is 0 Å². The van der Waals surface area contributed by atoms with Gasteiger partial charge in [-0.3, -0.25) is 0 Å². The Morgan fingerprint density at radius 3 is 2.34 bits per heavy atom. The maximum atomic E-state index is 10.7. The molecule has 29 heavy (non-hydrogen) atoms. The van der Waals surface area contributed by atoms with E-state index in [0.29, 0.717) is 10.8 Å². The summed E-state index contributed by atoms with van der Waals surface area (Å²) in [5, 5.41) is 10.7. The third-order valence-electron chi connectivity index (χ3n) is 11.8. The topological polar surface area (TPSA) is 20.2 Å². The third kappa shape index (κ3) is 3.54. The van der Waals surface area contributed by atoms with Gasteiger partial charge >= 0.3 is 0 Å². The van der Waals surface area contributed by atoms with Crippen LogP contribution in [0.3, 0.4) is 0 Å². The van der Waals surface area contributed by atoms with Crippen LogP contribution in [0.4, 0.5) is 0 Å². The maximum absolute atomic E-state index is 10.7. The molecule has 1 heteroatoms. The van der Waals surface area contributed by atoms with Crippen molar-refractivity contribution in [3.8, 4) is 0 Å². The summed E-state index contributed by atoms with van der Waals surface area (Å²) in [6.07, 6.45) is 19.8. The second-order valence-corrected chi connectivity index (χ2v) is 13.4. The molecule has 0 spiro atoms. The zero-order valence-electron chi connectivity index (χ0n) is 19.9. The number of fused-ring (bicyclic) bond motifs is 5. The van der Waals surface area contributed by atoms with E-state index >= 15 is 0 Å². The Morgan fingerprint density at radius 1 is 0.828 bits per heavy atom. The van der Waals surface area contributed by atoms with Crippen LogP contribution < -0.4 is 0 Å². The van der Waals surface area contributed by atoms with Gasteiger partial charge in [0, 0.05) is 0 Å². The summed E-state index contributed by atoms with van der Waals surface area (Å²) in [7, 11) is 0. The van der Waals surface area contributed by atoms with E-state index in [1.165, 1.54) is 77.0 Å². The lowest BCUT2D eigenvalue weighted by Gasteiger charge is -2.62. The van der Waals surface area contributed by atoms with Crippen LogP contribution in [0.15, 0.2) is 0 Å². The van der Waals surface area contributed by atoms with Crippen molar-refractivity contribution in [2.24, 2.45) is 52.3 Å². The fourth-order valence-corrected chi connectivity index (χ4v) is 9.60. The van der Waals surface area contributed by atoms with Crippen molar-refractivity contribution in [2.45, 2.75) is 123 Å². The molecule has 0 aromatic heterocycles. The van der Waals surface area contributed by atoms with Gasteiger partial charge in [-0.2, -0.15) is 0 Å². The second-order valence-electron chi connectivity index (χ2n) is 13.4. The van der Waals surface area contributed by atoms with E-state index in [4.69, 9.17) is 0 Å². The average molecular weight is 401 g/mol. The molecule has 5 aliphatic rings. The third-order valence-corrected chi connectivity index (χ3v) is 11.8. The van der Waals surface area contributed by atoms with Crippen LogP contribution in [0, 0.1) is 52.3 Å². The second kappa shape index (κ2) is 7.25. The molecule has 0 saturated heterocycles. The molecule has 1 N–H and O–H groups in total. The molecule has 5 rings (SSSR count). The minimum absolute atomic E-state index is 0.393. The Labute approximate surface area is 180 Å². The largest absolute Gasteiger partial charge is 0.390 e.